The zero-order valence-corrected chi connectivity index (χ0v) is 14.9. The summed E-state index contributed by atoms with van der Waals surface area (Å²) in [5.41, 5.74) is 1.76. The molecule has 7 heteroatoms. The summed E-state index contributed by atoms with van der Waals surface area (Å²) in [5, 5.41) is 6.88. The Kier molecular flexibility index (Phi) is 5.21. The third-order valence-corrected chi connectivity index (χ3v) is 4.09. The van der Waals surface area contributed by atoms with Crippen LogP contribution in [0.25, 0.3) is 0 Å². The summed E-state index contributed by atoms with van der Waals surface area (Å²) in [6, 6.07) is 5.48. The Hall–Kier alpha value is -2.57. The number of rotatable bonds is 5. The average Bonchev–Trinajstić information content (AvgIpc) is 3.22. The van der Waals surface area contributed by atoms with E-state index in [1.807, 2.05) is 43.9 Å². The Morgan fingerprint density at radius 3 is 2.96 bits per heavy atom. The lowest BCUT2D eigenvalue weighted by molar-refractivity contribution is 0.182. The van der Waals surface area contributed by atoms with Gasteiger partial charge in [-0.05, 0) is 39.2 Å². The largest absolute Gasteiger partial charge is 0.475 e. The first-order valence-electron chi connectivity index (χ1n) is 8.62. The molecule has 1 saturated heterocycles. The van der Waals surface area contributed by atoms with Crippen molar-refractivity contribution in [3.63, 3.8) is 0 Å². The molecule has 1 aliphatic heterocycles. The van der Waals surface area contributed by atoms with Crippen LogP contribution >= 0.6 is 0 Å². The van der Waals surface area contributed by atoms with E-state index in [1.54, 1.807) is 6.20 Å². The van der Waals surface area contributed by atoms with Crippen molar-refractivity contribution in [2.45, 2.75) is 52.3 Å². The zero-order valence-electron chi connectivity index (χ0n) is 14.9. The number of hydrogen-bond donors (Lipinski definition) is 1. The molecule has 2 aromatic rings. The van der Waals surface area contributed by atoms with E-state index in [4.69, 9.17) is 9.26 Å². The third-order valence-electron chi connectivity index (χ3n) is 4.09. The molecule has 1 N–H and O–H groups in total. The molecule has 1 atom stereocenters. The molecule has 3 heterocycles. The lowest BCUT2D eigenvalue weighted by Gasteiger charge is -2.23. The molecule has 3 rings (SSSR count). The van der Waals surface area contributed by atoms with Crippen molar-refractivity contribution in [1.82, 2.24) is 20.4 Å². The highest BCUT2D eigenvalue weighted by Crippen LogP contribution is 2.32. The van der Waals surface area contributed by atoms with Crippen LogP contribution in [-0.4, -0.2) is 33.7 Å². The molecule has 0 unspecified atom stereocenters. The summed E-state index contributed by atoms with van der Waals surface area (Å²) in [7, 11) is 0. The first-order valence-corrected chi connectivity index (χ1v) is 8.62. The normalized spacial score (nSPS) is 17.1. The van der Waals surface area contributed by atoms with Crippen molar-refractivity contribution in [1.29, 1.82) is 0 Å². The molecule has 0 saturated carbocycles. The molecule has 1 fully saturated rings. The second kappa shape index (κ2) is 7.55. The number of pyridine rings is 1. The Labute approximate surface area is 147 Å². The van der Waals surface area contributed by atoms with E-state index < -0.39 is 0 Å². The summed E-state index contributed by atoms with van der Waals surface area (Å²) in [6.07, 6.45) is 3.66. The van der Waals surface area contributed by atoms with Gasteiger partial charge in [-0.3, -0.25) is 0 Å². The van der Waals surface area contributed by atoms with Gasteiger partial charge in [0.05, 0.1) is 17.8 Å². The first-order chi connectivity index (χ1) is 12.0. The topological polar surface area (TPSA) is 80.5 Å². The molecule has 0 aliphatic carbocycles. The molecule has 0 aromatic carbocycles. The highest BCUT2D eigenvalue weighted by Gasteiger charge is 2.32. The highest BCUT2D eigenvalue weighted by molar-refractivity contribution is 5.75. The van der Waals surface area contributed by atoms with Gasteiger partial charge in [0.1, 0.15) is 0 Å². The molecule has 25 heavy (non-hydrogen) atoms. The van der Waals surface area contributed by atoms with Crippen molar-refractivity contribution in [3.8, 4) is 5.88 Å². The Morgan fingerprint density at radius 1 is 1.48 bits per heavy atom. The molecule has 2 amide bonds. The minimum absolute atomic E-state index is 0.0406. The highest BCUT2D eigenvalue weighted by atomic mass is 16.5. The quantitative estimate of drug-likeness (QED) is 0.901. The second-order valence-electron chi connectivity index (χ2n) is 6.55. The number of ether oxygens (including phenoxy) is 1. The summed E-state index contributed by atoms with van der Waals surface area (Å²) in [5.74, 6) is 1.34. The fourth-order valence-corrected chi connectivity index (χ4v) is 2.95. The predicted octanol–water partition coefficient (Wildman–Crippen LogP) is 3.21. The Morgan fingerprint density at radius 2 is 2.32 bits per heavy atom. The summed E-state index contributed by atoms with van der Waals surface area (Å²) in [6.45, 7) is 6.94. The molecule has 2 aromatic heterocycles. The van der Waals surface area contributed by atoms with Crippen LogP contribution in [0.15, 0.2) is 28.9 Å². The Bertz CT molecular complexity index is 711. The van der Waals surface area contributed by atoms with Crippen LogP contribution in [0.3, 0.4) is 0 Å². The number of aromatic nitrogens is 2. The SMILES string of the molecule is Cc1cc([C@H]2CCCN2C(=O)NCc2ccc(OC(C)C)nc2)on1. The van der Waals surface area contributed by atoms with E-state index in [-0.39, 0.29) is 18.2 Å². The maximum absolute atomic E-state index is 12.5. The van der Waals surface area contributed by atoms with Crippen LogP contribution in [-0.2, 0) is 6.54 Å². The van der Waals surface area contributed by atoms with E-state index in [9.17, 15) is 4.79 Å². The summed E-state index contributed by atoms with van der Waals surface area (Å²) < 4.78 is 10.9. The van der Waals surface area contributed by atoms with Gasteiger partial charge >= 0.3 is 6.03 Å². The van der Waals surface area contributed by atoms with Crippen LogP contribution in [0, 0.1) is 6.92 Å². The molecular formula is C18H24N4O3. The number of aryl methyl sites for hydroxylation is 1. The van der Waals surface area contributed by atoms with E-state index in [2.05, 4.69) is 15.5 Å². The van der Waals surface area contributed by atoms with E-state index in [1.165, 1.54) is 0 Å². The maximum atomic E-state index is 12.5. The van der Waals surface area contributed by atoms with Gasteiger partial charge in [0.2, 0.25) is 5.88 Å². The number of hydrogen-bond acceptors (Lipinski definition) is 5. The number of carbonyl (C=O) groups is 1. The lowest BCUT2D eigenvalue weighted by atomic mass is 10.1. The number of carbonyl (C=O) groups excluding carboxylic acids is 1. The van der Waals surface area contributed by atoms with Gasteiger partial charge in [-0.15, -0.1) is 0 Å². The van der Waals surface area contributed by atoms with Crippen molar-refractivity contribution in [3.05, 3.63) is 41.4 Å². The number of urea groups is 1. The maximum Gasteiger partial charge on any atom is 0.318 e. The minimum atomic E-state index is -0.0981. The van der Waals surface area contributed by atoms with Crippen LogP contribution in [0.5, 0.6) is 5.88 Å². The summed E-state index contributed by atoms with van der Waals surface area (Å²) in [4.78, 5) is 18.6. The van der Waals surface area contributed by atoms with E-state index in [0.29, 0.717) is 12.4 Å². The van der Waals surface area contributed by atoms with Crippen LogP contribution in [0.4, 0.5) is 4.79 Å². The van der Waals surface area contributed by atoms with Crippen LogP contribution in [0.1, 0.15) is 49.7 Å². The van der Waals surface area contributed by atoms with Crippen molar-refractivity contribution >= 4 is 6.03 Å². The minimum Gasteiger partial charge on any atom is -0.475 e. The van der Waals surface area contributed by atoms with Gasteiger partial charge in [-0.1, -0.05) is 11.2 Å². The van der Waals surface area contributed by atoms with Crippen molar-refractivity contribution in [2.24, 2.45) is 0 Å². The Balaban J connectivity index is 1.56. The molecule has 7 nitrogen and oxygen atoms in total. The molecule has 0 radical (unpaired) electrons. The third kappa shape index (κ3) is 4.29. The molecule has 0 bridgehead atoms. The molecule has 1 aliphatic rings. The first kappa shape index (κ1) is 17.3. The monoisotopic (exact) mass is 344 g/mol. The zero-order chi connectivity index (χ0) is 17.8. The average molecular weight is 344 g/mol. The number of nitrogens with zero attached hydrogens (tertiary/aromatic N) is 3. The van der Waals surface area contributed by atoms with Gasteiger partial charge in [0.15, 0.2) is 5.76 Å². The fourth-order valence-electron chi connectivity index (χ4n) is 2.95. The van der Waals surface area contributed by atoms with Crippen molar-refractivity contribution < 1.29 is 14.1 Å². The smallest absolute Gasteiger partial charge is 0.318 e. The number of likely N-dealkylation sites (tertiary alicyclic amines) is 1. The molecule has 0 spiro atoms. The van der Waals surface area contributed by atoms with Crippen molar-refractivity contribution in [2.75, 3.05) is 6.54 Å². The van der Waals surface area contributed by atoms with Gasteiger partial charge in [-0.2, -0.15) is 0 Å². The van der Waals surface area contributed by atoms with Gasteiger partial charge in [-0.25, -0.2) is 9.78 Å². The van der Waals surface area contributed by atoms with Crippen LogP contribution in [0.2, 0.25) is 0 Å². The fraction of sp³-hybridized carbons (Fsp3) is 0.500. The van der Waals surface area contributed by atoms with E-state index in [0.717, 1.165) is 36.4 Å². The number of nitrogens with one attached hydrogen (secondary N) is 1. The standard InChI is InChI=1S/C18H24N4O3/c1-12(2)24-17-7-6-14(10-19-17)11-20-18(23)22-8-4-5-15(22)16-9-13(3)21-25-16/h6-7,9-10,12,15H,4-5,8,11H2,1-3H3,(H,20,23)/t15-/m1/s1. The van der Waals surface area contributed by atoms with E-state index >= 15 is 0 Å². The predicted molar refractivity (Wildman–Crippen MR) is 92.2 cm³/mol. The van der Waals surface area contributed by atoms with Gasteiger partial charge < -0.3 is 19.5 Å². The number of amides is 2. The molecule has 134 valence electrons. The second-order valence-corrected chi connectivity index (χ2v) is 6.55. The van der Waals surface area contributed by atoms with Gasteiger partial charge in [0.25, 0.3) is 0 Å². The summed E-state index contributed by atoms with van der Waals surface area (Å²) >= 11 is 0. The lowest BCUT2D eigenvalue weighted by Crippen LogP contribution is -2.39. The molecular weight excluding hydrogens is 320 g/mol. The van der Waals surface area contributed by atoms with Crippen LogP contribution < -0.4 is 10.1 Å². The van der Waals surface area contributed by atoms with Gasteiger partial charge in [0, 0.05) is 31.4 Å².